The molecule has 0 aliphatic carbocycles. The first-order chi connectivity index (χ1) is 12.2. The Kier molecular flexibility index (Phi) is 3.85. The fourth-order valence-electron chi connectivity index (χ4n) is 2.51. The molecule has 0 fully saturated rings. The molecule has 128 valence electrons. The third-order valence-electron chi connectivity index (χ3n) is 3.87. The number of benzene rings is 1. The van der Waals surface area contributed by atoms with Crippen LogP contribution in [0.2, 0.25) is 0 Å². The van der Waals surface area contributed by atoms with Crippen LogP contribution in [0, 0.1) is 0 Å². The first-order valence-electron chi connectivity index (χ1n) is 7.91. The van der Waals surface area contributed by atoms with Crippen LogP contribution in [0.25, 0.3) is 11.5 Å². The Hall–Kier alpha value is -3.29. The number of fused-ring (bicyclic) bond motifs is 1. The lowest BCUT2D eigenvalue weighted by Gasteiger charge is -2.00. The molecule has 8 nitrogen and oxygen atoms in total. The second kappa shape index (κ2) is 6.31. The minimum Gasteiger partial charge on any atom is -0.454 e. The van der Waals surface area contributed by atoms with Gasteiger partial charge in [-0.1, -0.05) is 12.1 Å². The van der Waals surface area contributed by atoms with Crippen LogP contribution in [-0.2, 0) is 13.0 Å². The van der Waals surface area contributed by atoms with E-state index in [1.165, 1.54) is 0 Å². The molecule has 0 bridgehead atoms. The maximum absolute atomic E-state index is 12.1. The highest BCUT2D eigenvalue weighted by molar-refractivity contribution is 5.92. The zero-order chi connectivity index (χ0) is 17.2. The molecule has 0 spiro atoms. The fraction of sp³-hybridized carbons (Fsp3) is 0.235. The topological polar surface area (TPSA) is 102 Å². The van der Waals surface area contributed by atoms with E-state index in [0.29, 0.717) is 28.9 Å². The molecule has 0 saturated carbocycles. The number of rotatable bonds is 5. The van der Waals surface area contributed by atoms with Gasteiger partial charge in [0.1, 0.15) is 5.69 Å². The number of carbonyl (C=O) groups excluding carboxylic acids is 1. The van der Waals surface area contributed by atoms with E-state index in [1.807, 2.05) is 19.1 Å². The summed E-state index contributed by atoms with van der Waals surface area (Å²) in [5.41, 5.74) is 2.25. The zero-order valence-corrected chi connectivity index (χ0v) is 13.5. The molecule has 0 atom stereocenters. The van der Waals surface area contributed by atoms with Crippen molar-refractivity contribution in [2.24, 2.45) is 0 Å². The van der Waals surface area contributed by atoms with Crippen molar-refractivity contribution >= 4 is 5.91 Å². The van der Waals surface area contributed by atoms with Crippen LogP contribution in [0.15, 0.2) is 34.9 Å². The summed E-state index contributed by atoms with van der Waals surface area (Å²) < 4.78 is 15.9. The standard InChI is InChI=1S/C17H16N4O4/c1-2-11-4-5-12(19-11)16(22)18-8-15-20-17(25-21-15)10-3-6-13-14(7-10)24-9-23-13/h3-7,19H,2,8-9H2,1H3,(H,18,22). The molecule has 25 heavy (non-hydrogen) atoms. The quantitative estimate of drug-likeness (QED) is 0.739. The molecule has 0 saturated heterocycles. The normalized spacial score (nSPS) is 12.4. The van der Waals surface area contributed by atoms with E-state index in [4.69, 9.17) is 14.0 Å². The summed E-state index contributed by atoms with van der Waals surface area (Å²) in [6.07, 6.45) is 0.844. The van der Waals surface area contributed by atoms with Gasteiger partial charge in [0.25, 0.3) is 11.8 Å². The summed E-state index contributed by atoms with van der Waals surface area (Å²) >= 11 is 0. The fourth-order valence-corrected chi connectivity index (χ4v) is 2.51. The van der Waals surface area contributed by atoms with Crippen molar-refractivity contribution in [3.63, 3.8) is 0 Å². The van der Waals surface area contributed by atoms with Gasteiger partial charge < -0.3 is 24.3 Å². The van der Waals surface area contributed by atoms with E-state index < -0.39 is 0 Å². The molecule has 1 aromatic carbocycles. The lowest BCUT2D eigenvalue weighted by atomic mass is 10.2. The minimum atomic E-state index is -0.214. The van der Waals surface area contributed by atoms with Crippen LogP contribution < -0.4 is 14.8 Å². The van der Waals surface area contributed by atoms with E-state index in [2.05, 4.69) is 20.4 Å². The molecule has 0 unspecified atom stereocenters. The average molecular weight is 340 g/mol. The summed E-state index contributed by atoms with van der Waals surface area (Å²) in [5, 5.41) is 6.65. The Bertz CT molecular complexity index is 915. The Morgan fingerprint density at radius 2 is 2.12 bits per heavy atom. The number of carbonyl (C=O) groups is 1. The largest absolute Gasteiger partial charge is 0.454 e. The summed E-state index contributed by atoms with van der Waals surface area (Å²) in [6.45, 7) is 2.40. The van der Waals surface area contributed by atoms with Gasteiger partial charge in [0, 0.05) is 11.3 Å². The third kappa shape index (κ3) is 3.06. The van der Waals surface area contributed by atoms with Gasteiger partial charge in [0.2, 0.25) is 6.79 Å². The first kappa shape index (κ1) is 15.3. The first-order valence-corrected chi connectivity index (χ1v) is 7.91. The van der Waals surface area contributed by atoms with Crippen molar-refractivity contribution in [2.45, 2.75) is 19.9 Å². The van der Waals surface area contributed by atoms with E-state index in [-0.39, 0.29) is 19.2 Å². The van der Waals surface area contributed by atoms with Gasteiger partial charge in [-0.15, -0.1) is 0 Å². The van der Waals surface area contributed by atoms with E-state index >= 15 is 0 Å². The monoisotopic (exact) mass is 340 g/mol. The molecule has 3 aromatic rings. The van der Waals surface area contributed by atoms with Crippen LogP contribution in [0.3, 0.4) is 0 Å². The van der Waals surface area contributed by atoms with E-state index in [0.717, 1.165) is 17.7 Å². The number of nitrogens with one attached hydrogen (secondary N) is 2. The number of nitrogens with zero attached hydrogens (tertiary/aromatic N) is 2. The molecule has 1 amide bonds. The number of amides is 1. The average Bonchev–Trinajstić information content (AvgIpc) is 3.38. The van der Waals surface area contributed by atoms with E-state index in [9.17, 15) is 4.79 Å². The SMILES string of the molecule is CCc1ccc(C(=O)NCc2noc(-c3ccc4c(c3)OCO4)n2)[nH]1. The Morgan fingerprint density at radius 3 is 2.96 bits per heavy atom. The van der Waals surface area contributed by atoms with Gasteiger partial charge in [-0.05, 0) is 36.8 Å². The molecule has 2 N–H and O–H groups in total. The van der Waals surface area contributed by atoms with Gasteiger partial charge in [-0.3, -0.25) is 4.79 Å². The molecular weight excluding hydrogens is 324 g/mol. The maximum Gasteiger partial charge on any atom is 0.268 e. The molecule has 0 radical (unpaired) electrons. The number of aromatic amines is 1. The van der Waals surface area contributed by atoms with Crippen molar-refractivity contribution in [1.29, 1.82) is 0 Å². The van der Waals surface area contributed by atoms with Crippen molar-refractivity contribution in [2.75, 3.05) is 6.79 Å². The van der Waals surface area contributed by atoms with Crippen LogP contribution >= 0.6 is 0 Å². The lowest BCUT2D eigenvalue weighted by Crippen LogP contribution is -2.23. The molecular formula is C17H16N4O4. The van der Waals surface area contributed by atoms with Crippen molar-refractivity contribution < 1.29 is 18.8 Å². The van der Waals surface area contributed by atoms with E-state index in [1.54, 1.807) is 18.2 Å². The summed E-state index contributed by atoms with van der Waals surface area (Å²) in [4.78, 5) is 19.4. The van der Waals surface area contributed by atoms with Crippen LogP contribution in [0.4, 0.5) is 0 Å². The third-order valence-corrected chi connectivity index (χ3v) is 3.87. The number of hydrogen-bond acceptors (Lipinski definition) is 6. The smallest absolute Gasteiger partial charge is 0.268 e. The highest BCUT2D eigenvalue weighted by atomic mass is 16.7. The van der Waals surface area contributed by atoms with Gasteiger partial charge in [-0.25, -0.2) is 0 Å². The predicted octanol–water partition coefficient (Wildman–Crippen LogP) is 2.29. The van der Waals surface area contributed by atoms with Crippen LogP contribution in [0.1, 0.15) is 28.9 Å². The van der Waals surface area contributed by atoms with Crippen molar-refractivity contribution in [3.05, 3.63) is 47.5 Å². The molecule has 4 rings (SSSR count). The van der Waals surface area contributed by atoms with Crippen LogP contribution in [-0.4, -0.2) is 27.8 Å². The number of aryl methyl sites for hydroxylation is 1. The van der Waals surface area contributed by atoms with Gasteiger partial charge in [0.15, 0.2) is 17.3 Å². The van der Waals surface area contributed by atoms with Gasteiger partial charge in [0.05, 0.1) is 6.54 Å². The Morgan fingerprint density at radius 1 is 1.24 bits per heavy atom. The highest BCUT2D eigenvalue weighted by Crippen LogP contribution is 2.35. The molecule has 1 aliphatic rings. The molecule has 3 heterocycles. The summed E-state index contributed by atoms with van der Waals surface area (Å²) in [6, 6.07) is 9.03. The van der Waals surface area contributed by atoms with Crippen molar-refractivity contribution in [1.82, 2.24) is 20.4 Å². The lowest BCUT2D eigenvalue weighted by molar-refractivity contribution is 0.0945. The Labute approximate surface area is 143 Å². The maximum atomic E-state index is 12.1. The molecule has 2 aromatic heterocycles. The van der Waals surface area contributed by atoms with Gasteiger partial charge >= 0.3 is 0 Å². The zero-order valence-electron chi connectivity index (χ0n) is 13.5. The number of ether oxygens (including phenoxy) is 2. The highest BCUT2D eigenvalue weighted by Gasteiger charge is 2.17. The summed E-state index contributed by atoms with van der Waals surface area (Å²) in [5.74, 6) is 1.87. The van der Waals surface area contributed by atoms with Crippen LogP contribution in [0.5, 0.6) is 11.5 Å². The van der Waals surface area contributed by atoms with Gasteiger partial charge in [-0.2, -0.15) is 4.98 Å². The summed E-state index contributed by atoms with van der Waals surface area (Å²) in [7, 11) is 0. The molecule has 8 heteroatoms. The second-order valence-electron chi connectivity index (χ2n) is 5.52. The van der Waals surface area contributed by atoms with Crippen molar-refractivity contribution in [3.8, 4) is 23.0 Å². The Balaban J connectivity index is 1.42. The minimum absolute atomic E-state index is 0.174. The second-order valence-corrected chi connectivity index (χ2v) is 5.52. The number of hydrogen-bond donors (Lipinski definition) is 2. The number of aromatic nitrogens is 3. The molecule has 1 aliphatic heterocycles. The predicted molar refractivity (Wildman–Crippen MR) is 87.2 cm³/mol. The number of H-pyrrole nitrogens is 1.